The second kappa shape index (κ2) is 7.45. The van der Waals surface area contributed by atoms with Gasteiger partial charge < -0.3 is 10.2 Å². The maximum absolute atomic E-state index is 13.5. The molecule has 1 unspecified atom stereocenters. The van der Waals surface area contributed by atoms with E-state index in [0.29, 0.717) is 10.8 Å². The molecule has 0 aliphatic rings. The van der Waals surface area contributed by atoms with E-state index in [1.807, 2.05) is 25.1 Å². The molecule has 0 spiro atoms. The standard InChI is InChI=1S/C19H19FN4O2/c1-24(2)16(12-6-5-7-13(20)10-12)11-21-19(26)17-14-8-3-4-9-15(14)18(25)23-22-17/h3-10,16H,11H2,1-2H3,(H,21,26)(H,23,25). The summed E-state index contributed by atoms with van der Waals surface area (Å²) in [5, 5.41) is 9.95. The van der Waals surface area contributed by atoms with Gasteiger partial charge in [-0.2, -0.15) is 5.10 Å². The molecule has 0 saturated carbocycles. The van der Waals surface area contributed by atoms with Crippen molar-refractivity contribution in [3.05, 3.63) is 76.0 Å². The number of nitrogens with one attached hydrogen (secondary N) is 2. The highest BCUT2D eigenvalue weighted by Crippen LogP contribution is 2.19. The van der Waals surface area contributed by atoms with Gasteiger partial charge in [0.05, 0.1) is 11.4 Å². The fourth-order valence-corrected chi connectivity index (χ4v) is 2.87. The van der Waals surface area contributed by atoms with Crippen molar-refractivity contribution in [2.45, 2.75) is 6.04 Å². The zero-order chi connectivity index (χ0) is 18.7. The van der Waals surface area contributed by atoms with Gasteiger partial charge in [0.15, 0.2) is 5.69 Å². The Morgan fingerprint density at radius 2 is 1.92 bits per heavy atom. The predicted octanol–water partition coefficient (Wildman–Crippen LogP) is 2.09. The Hall–Kier alpha value is -3.06. The van der Waals surface area contributed by atoms with Gasteiger partial charge in [-0.1, -0.05) is 30.3 Å². The number of halogens is 1. The average molecular weight is 354 g/mol. The van der Waals surface area contributed by atoms with Crippen LogP contribution in [0.15, 0.2) is 53.3 Å². The van der Waals surface area contributed by atoms with E-state index in [4.69, 9.17) is 0 Å². The maximum atomic E-state index is 13.5. The van der Waals surface area contributed by atoms with E-state index in [1.165, 1.54) is 12.1 Å². The van der Waals surface area contributed by atoms with Crippen molar-refractivity contribution in [2.75, 3.05) is 20.6 Å². The molecule has 26 heavy (non-hydrogen) atoms. The number of nitrogens with zero attached hydrogens (tertiary/aromatic N) is 2. The molecule has 1 aromatic heterocycles. The van der Waals surface area contributed by atoms with Crippen LogP contribution in [0.1, 0.15) is 22.1 Å². The molecule has 1 atom stereocenters. The topological polar surface area (TPSA) is 78.1 Å². The van der Waals surface area contributed by atoms with Gasteiger partial charge in [0, 0.05) is 11.9 Å². The largest absolute Gasteiger partial charge is 0.349 e. The summed E-state index contributed by atoms with van der Waals surface area (Å²) in [6, 6.07) is 12.9. The molecule has 2 aromatic carbocycles. The number of H-pyrrole nitrogens is 1. The van der Waals surface area contributed by atoms with E-state index in [-0.39, 0.29) is 29.7 Å². The third kappa shape index (κ3) is 3.62. The summed E-state index contributed by atoms with van der Waals surface area (Å²) in [7, 11) is 3.71. The summed E-state index contributed by atoms with van der Waals surface area (Å²) in [6.45, 7) is 0.268. The molecule has 134 valence electrons. The number of carbonyl (C=O) groups is 1. The average Bonchev–Trinajstić information content (AvgIpc) is 2.62. The lowest BCUT2D eigenvalue weighted by Gasteiger charge is -2.25. The van der Waals surface area contributed by atoms with Gasteiger partial charge in [0.1, 0.15) is 5.82 Å². The first-order valence-electron chi connectivity index (χ1n) is 8.15. The van der Waals surface area contributed by atoms with Crippen molar-refractivity contribution < 1.29 is 9.18 Å². The number of carbonyl (C=O) groups excluding carboxylic acids is 1. The summed E-state index contributed by atoms with van der Waals surface area (Å²) in [6.07, 6.45) is 0. The number of hydrogen-bond donors (Lipinski definition) is 2. The van der Waals surface area contributed by atoms with Crippen molar-refractivity contribution in [2.24, 2.45) is 0 Å². The zero-order valence-corrected chi connectivity index (χ0v) is 14.5. The number of likely N-dealkylation sites (N-methyl/N-ethyl adjacent to an activating group) is 1. The zero-order valence-electron chi connectivity index (χ0n) is 14.5. The highest BCUT2D eigenvalue weighted by molar-refractivity contribution is 6.04. The third-order valence-corrected chi connectivity index (χ3v) is 4.22. The lowest BCUT2D eigenvalue weighted by atomic mass is 10.1. The molecular weight excluding hydrogens is 335 g/mol. The van der Waals surface area contributed by atoms with E-state index in [1.54, 1.807) is 30.3 Å². The van der Waals surface area contributed by atoms with E-state index in [9.17, 15) is 14.0 Å². The summed E-state index contributed by atoms with van der Waals surface area (Å²) >= 11 is 0. The molecule has 6 nitrogen and oxygen atoms in total. The number of fused-ring (bicyclic) bond motifs is 1. The monoisotopic (exact) mass is 354 g/mol. The lowest BCUT2D eigenvalue weighted by molar-refractivity contribution is 0.0937. The van der Waals surface area contributed by atoms with Crippen molar-refractivity contribution in [3.63, 3.8) is 0 Å². The Kier molecular flexibility index (Phi) is 5.09. The molecule has 7 heteroatoms. The van der Waals surface area contributed by atoms with Crippen LogP contribution < -0.4 is 10.9 Å². The fourth-order valence-electron chi connectivity index (χ4n) is 2.87. The Balaban J connectivity index is 1.84. The minimum atomic E-state index is -0.402. The minimum Gasteiger partial charge on any atom is -0.349 e. The van der Waals surface area contributed by atoms with E-state index >= 15 is 0 Å². The molecule has 0 aliphatic heterocycles. The van der Waals surface area contributed by atoms with Crippen LogP contribution in [0.25, 0.3) is 10.8 Å². The highest BCUT2D eigenvalue weighted by atomic mass is 19.1. The van der Waals surface area contributed by atoms with Crippen molar-refractivity contribution in [3.8, 4) is 0 Å². The van der Waals surface area contributed by atoms with Gasteiger partial charge in [0.25, 0.3) is 11.5 Å². The number of amides is 1. The first-order chi connectivity index (χ1) is 12.5. The van der Waals surface area contributed by atoms with E-state index in [0.717, 1.165) is 5.56 Å². The number of hydrogen-bond acceptors (Lipinski definition) is 4. The first-order valence-corrected chi connectivity index (χ1v) is 8.15. The van der Waals surface area contributed by atoms with Gasteiger partial charge >= 0.3 is 0 Å². The molecule has 0 aliphatic carbocycles. The molecule has 1 heterocycles. The summed E-state index contributed by atoms with van der Waals surface area (Å²) in [5.41, 5.74) is 0.564. The number of aromatic amines is 1. The SMILES string of the molecule is CN(C)C(CNC(=O)c1n[nH]c(=O)c2ccccc12)c1cccc(F)c1. The Labute approximate surface area is 149 Å². The fraction of sp³-hybridized carbons (Fsp3) is 0.211. The maximum Gasteiger partial charge on any atom is 0.272 e. The molecule has 0 radical (unpaired) electrons. The van der Waals surface area contributed by atoms with Gasteiger partial charge in [0.2, 0.25) is 0 Å². The van der Waals surface area contributed by atoms with Crippen LogP contribution in [0.5, 0.6) is 0 Å². The second-order valence-corrected chi connectivity index (χ2v) is 6.19. The molecule has 0 bridgehead atoms. The van der Waals surface area contributed by atoms with Crippen molar-refractivity contribution >= 4 is 16.7 Å². The Morgan fingerprint density at radius 1 is 1.19 bits per heavy atom. The number of benzene rings is 2. The van der Waals surface area contributed by atoms with Gasteiger partial charge in [-0.05, 0) is 37.9 Å². The van der Waals surface area contributed by atoms with Crippen LogP contribution in [-0.4, -0.2) is 41.6 Å². The molecule has 2 N–H and O–H groups in total. The number of aromatic nitrogens is 2. The van der Waals surface area contributed by atoms with E-state index in [2.05, 4.69) is 15.5 Å². The van der Waals surface area contributed by atoms with Gasteiger partial charge in [-0.25, -0.2) is 9.49 Å². The summed E-state index contributed by atoms with van der Waals surface area (Å²) < 4.78 is 13.5. The quantitative estimate of drug-likeness (QED) is 0.735. The Bertz CT molecular complexity index is 1000. The first kappa shape index (κ1) is 17.8. The Morgan fingerprint density at radius 3 is 2.62 bits per heavy atom. The van der Waals surface area contributed by atoms with Gasteiger partial charge in [-0.15, -0.1) is 0 Å². The minimum absolute atomic E-state index is 0.150. The molecular formula is C19H19FN4O2. The molecule has 3 aromatic rings. The van der Waals surface area contributed by atoms with Gasteiger partial charge in [-0.3, -0.25) is 9.59 Å². The van der Waals surface area contributed by atoms with E-state index < -0.39 is 5.91 Å². The number of rotatable bonds is 5. The lowest BCUT2D eigenvalue weighted by Crippen LogP contribution is -2.35. The van der Waals surface area contributed by atoms with Crippen LogP contribution in [0, 0.1) is 5.82 Å². The molecule has 0 fully saturated rings. The molecule has 3 rings (SSSR count). The van der Waals surface area contributed by atoms with Crippen LogP contribution >= 0.6 is 0 Å². The van der Waals surface area contributed by atoms with Crippen molar-refractivity contribution in [1.82, 2.24) is 20.4 Å². The van der Waals surface area contributed by atoms with Crippen LogP contribution in [-0.2, 0) is 0 Å². The highest BCUT2D eigenvalue weighted by Gasteiger charge is 2.19. The smallest absolute Gasteiger partial charge is 0.272 e. The van der Waals surface area contributed by atoms with Crippen LogP contribution in [0.4, 0.5) is 4.39 Å². The summed E-state index contributed by atoms with van der Waals surface area (Å²) in [5.74, 6) is -0.727. The van der Waals surface area contributed by atoms with Crippen LogP contribution in [0.3, 0.4) is 0 Å². The predicted molar refractivity (Wildman–Crippen MR) is 97.5 cm³/mol. The summed E-state index contributed by atoms with van der Waals surface area (Å²) in [4.78, 5) is 26.3. The second-order valence-electron chi connectivity index (χ2n) is 6.19. The molecule has 1 amide bonds. The third-order valence-electron chi connectivity index (χ3n) is 4.22. The van der Waals surface area contributed by atoms with Crippen molar-refractivity contribution in [1.29, 1.82) is 0 Å². The molecule has 0 saturated heterocycles. The van der Waals surface area contributed by atoms with Crippen LogP contribution in [0.2, 0.25) is 0 Å². The normalized spacial score (nSPS) is 12.3.